The SMILES string of the molecule is COC(C)(C)CNS(=O)(=O)c1cc(C)c(F)c(N)c1. The van der Waals surface area contributed by atoms with Gasteiger partial charge in [-0.2, -0.15) is 0 Å². The molecular formula is C12H19FN2O3S. The van der Waals surface area contributed by atoms with Crippen LogP contribution in [0.3, 0.4) is 0 Å². The van der Waals surface area contributed by atoms with Crippen LogP contribution in [0.25, 0.3) is 0 Å². The van der Waals surface area contributed by atoms with E-state index in [0.29, 0.717) is 0 Å². The van der Waals surface area contributed by atoms with E-state index < -0.39 is 21.4 Å². The van der Waals surface area contributed by atoms with Crippen molar-refractivity contribution >= 4 is 15.7 Å². The summed E-state index contributed by atoms with van der Waals surface area (Å²) in [5, 5.41) is 0. The van der Waals surface area contributed by atoms with Crippen LogP contribution in [0.1, 0.15) is 19.4 Å². The Kier molecular flexibility index (Phi) is 4.54. The first kappa shape index (κ1) is 15.9. The van der Waals surface area contributed by atoms with Gasteiger partial charge in [0, 0.05) is 13.7 Å². The molecule has 1 aromatic rings. The van der Waals surface area contributed by atoms with Crippen molar-refractivity contribution < 1.29 is 17.5 Å². The van der Waals surface area contributed by atoms with Crippen molar-refractivity contribution in [3.05, 3.63) is 23.5 Å². The highest BCUT2D eigenvalue weighted by Gasteiger charge is 2.22. The highest BCUT2D eigenvalue weighted by molar-refractivity contribution is 7.89. The number of sulfonamides is 1. The van der Waals surface area contributed by atoms with Crippen LogP contribution in [0, 0.1) is 12.7 Å². The monoisotopic (exact) mass is 290 g/mol. The summed E-state index contributed by atoms with van der Waals surface area (Å²) in [5.74, 6) is -0.601. The van der Waals surface area contributed by atoms with Crippen molar-refractivity contribution in [3.63, 3.8) is 0 Å². The quantitative estimate of drug-likeness (QED) is 0.804. The van der Waals surface area contributed by atoms with E-state index in [-0.39, 0.29) is 22.7 Å². The van der Waals surface area contributed by atoms with Gasteiger partial charge in [0.25, 0.3) is 0 Å². The summed E-state index contributed by atoms with van der Waals surface area (Å²) >= 11 is 0. The maximum atomic E-state index is 13.4. The average molecular weight is 290 g/mol. The first-order valence-electron chi connectivity index (χ1n) is 5.69. The predicted molar refractivity (Wildman–Crippen MR) is 71.8 cm³/mol. The Balaban J connectivity index is 3.02. The van der Waals surface area contributed by atoms with Crippen LogP contribution in [0.15, 0.2) is 17.0 Å². The van der Waals surface area contributed by atoms with Gasteiger partial charge in [0.1, 0.15) is 5.82 Å². The fourth-order valence-electron chi connectivity index (χ4n) is 1.34. The second-order valence-electron chi connectivity index (χ2n) is 4.93. The summed E-state index contributed by atoms with van der Waals surface area (Å²) in [6, 6.07) is 2.35. The minimum Gasteiger partial charge on any atom is -0.396 e. The topological polar surface area (TPSA) is 81.4 Å². The lowest BCUT2D eigenvalue weighted by Crippen LogP contribution is -2.39. The third-order valence-corrected chi connectivity index (χ3v) is 4.19. The third-order valence-electron chi connectivity index (χ3n) is 2.81. The van der Waals surface area contributed by atoms with Gasteiger partial charge in [-0.3, -0.25) is 0 Å². The molecule has 7 heteroatoms. The third kappa shape index (κ3) is 3.89. The Morgan fingerprint density at radius 2 is 2.00 bits per heavy atom. The van der Waals surface area contributed by atoms with Gasteiger partial charge in [0.15, 0.2) is 0 Å². The Morgan fingerprint density at radius 1 is 1.42 bits per heavy atom. The second-order valence-corrected chi connectivity index (χ2v) is 6.70. The fourth-order valence-corrected chi connectivity index (χ4v) is 2.66. The van der Waals surface area contributed by atoms with E-state index in [1.807, 2.05) is 0 Å². The molecule has 0 aliphatic carbocycles. The Labute approximate surface area is 113 Å². The molecule has 19 heavy (non-hydrogen) atoms. The minimum absolute atomic E-state index is 0.0594. The highest BCUT2D eigenvalue weighted by atomic mass is 32.2. The van der Waals surface area contributed by atoms with Crippen LogP contribution in [-0.2, 0) is 14.8 Å². The molecule has 0 unspecified atom stereocenters. The maximum Gasteiger partial charge on any atom is 0.240 e. The van der Waals surface area contributed by atoms with Gasteiger partial charge in [-0.05, 0) is 38.5 Å². The number of halogens is 1. The van der Waals surface area contributed by atoms with Crippen LogP contribution in [0.4, 0.5) is 10.1 Å². The number of nitrogen functional groups attached to an aromatic ring is 1. The summed E-state index contributed by atoms with van der Waals surface area (Å²) in [7, 11) is -2.25. The Bertz CT molecular complexity index is 547. The van der Waals surface area contributed by atoms with Crippen LogP contribution >= 0.6 is 0 Å². The summed E-state index contributed by atoms with van der Waals surface area (Å²) in [4.78, 5) is -0.0594. The molecule has 0 fully saturated rings. The lowest BCUT2D eigenvalue weighted by atomic mass is 10.1. The molecule has 1 aromatic carbocycles. The number of rotatable bonds is 5. The largest absolute Gasteiger partial charge is 0.396 e. The van der Waals surface area contributed by atoms with E-state index in [2.05, 4.69) is 4.72 Å². The van der Waals surface area contributed by atoms with Crippen molar-refractivity contribution in [2.24, 2.45) is 0 Å². The van der Waals surface area contributed by atoms with Crippen molar-refractivity contribution in [2.45, 2.75) is 31.3 Å². The van der Waals surface area contributed by atoms with Gasteiger partial charge in [0.05, 0.1) is 16.2 Å². The number of methoxy groups -OCH3 is 1. The molecule has 5 nitrogen and oxygen atoms in total. The van der Waals surface area contributed by atoms with E-state index in [9.17, 15) is 12.8 Å². The average Bonchev–Trinajstić information content (AvgIpc) is 2.33. The molecule has 0 saturated heterocycles. The zero-order chi connectivity index (χ0) is 14.8. The first-order valence-corrected chi connectivity index (χ1v) is 7.18. The molecule has 0 heterocycles. The summed E-state index contributed by atoms with van der Waals surface area (Å²) in [6.07, 6.45) is 0. The number of benzene rings is 1. The molecule has 0 spiro atoms. The van der Waals surface area contributed by atoms with E-state index in [1.165, 1.54) is 20.1 Å². The number of hydrogen-bond acceptors (Lipinski definition) is 4. The fraction of sp³-hybridized carbons (Fsp3) is 0.500. The minimum atomic E-state index is -3.74. The van der Waals surface area contributed by atoms with Crippen molar-refractivity contribution in [1.82, 2.24) is 4.72 Å². The highest BCUT2D eigenvalue weighted by Crippen LogP contribution is 2.21. The molecule has 3 N–H and O–H groups in total. The molecule has 108 valence electrons. The molecule has 0 saturated carbocycles. The summed E-state index contributed by atoms with van der Waals surface area (Å²) < 4.78 is 45.0. The molecule has 0 radical (unpaired) electrons. The van der Waals surface area contributed by atoms with Crippen LogP contribution < -0.4 is 10.5 Å². The molecule has 1 rings (SSSR count). The lowest BCUT2D eigenvalue weighted by Gasteiger charge is -2.23. The van der Waals surface area contributed by atoms with Crippen molar-refractivity contribution in [3.8, 4) is 0 Å². The number of aryl methyl sites for hydroxylation is 1. The van der Waals surface area contributed by atoms with E-state index in [1.54, 1.807) is 13.8 Å². The van der Waals surface area contributed by atoms with Gasteiger partial charge >= 0.3 is 0 Å². The van der Waals surface area contributed by atoms with Crippen LogP contribution in [0.5, 0.6) is 0 Å². The molecule has 0 atom stereocenters. The lowest BCUT2D eigenvalue weighted by molar-refractivity contribution is 0.0276. The molecule has 0 bridgehead atoms. The zero-order valence-corrected chi connectivity index (χ0v) is 12.3. The zero-order valence-electron chi connectivity index (χ0n) is 11.5. The molecule has 0 amide bonds. The summed E-state index contributed by atoms with van der Waals surface area (Å²) in [5.41, 5.74) is 4.80. The maximum absolute atomic E-state index is 13.4. The molecule has 0 aromatic heterocycles. The molecule has 0 aliphatic rings. The predicted octanol–water partition coefficient (Wildman–Crippen LogP) is 1.42. The van der Waals surface area contributed by atoms with Gasteiger partial charge in [-0.15, -0.1) is 0 Å². The second kappa shape index (κ2) is 5.44. The number of ether oxygens (including phenoxy) is 1. The first-order chi connectivity index (χ1) is 8.59. The Morgan fingerprint density at radius 3 is 2.47 bits per heavy atom. The Hall–Kier alpha value is -1.18. The smallest absolute Gasteiger partial charge is 0.240 e. The molecule has 0 aliphatic heterocycles. The van der Waals surface area contributed by atoms with Crippen molar-refractivity contribution in [2.75, 3.05) is 19.4 Å². The summed E-state index contributed by atoms with van der Waals surface area (Å²) in [6.45, 7) is 5.06. The van der Waals surface area contributed by atoms with Crippen molar-refractivity contribution in [1.29, 1.82) is 0 Å². The van der Waals surface area contributed by atoms with E-state index >= 15 is 0 Å². The standard InChI is InChI=1S/C12H19FN2O3S/c1-8-5-9(6-10(14)11(8)13)19(16,17)15-7-12(2,3)18-4/h5-6,15H,7,14H2,1-4H3. The van der Waals surface area contributed by atoms with Gasteiger partial charge in [-0.25, -0.2) is 17.5 Å². The van der Waals surface area contributed by atoms with Crippen LogP contribution in [0.2, 0.25) is 0 Å². The number of hydrogen-bond donors (Lipinski definition) is 2. The normalized spacial score (nSPS) is 12.7. The van der Waals surface area contributed by atoms with Gasteiger partial charge in [-0.1, -0.05) is 0 Å². The number of anilines is 1. The van der Waals surface area contributed by atoms with Gasteiger partial charge in [0.2, 0.25) is 10.0 Å². The molecular weight excluding hydrogens is 271 g/mol. The van der Waals surface area contributed by atoms with E-state index in [4.69, 9.17) is 10.5 Å². The number of nitrogens with two attached hydrogens (primary N) is 1. The van der Waals surface area contributed by atoms with Crippen LogP contribution in [-0.4, -0.2) is 27.7 Å². The van der Waals surface area contributed by atoms with Gasteiger partial charge < -0.3 is 10.5 Å². The van der Waals surface area contributed by atoms with E-state index in [0.717, 1.165) is 6.07 Å². The number of nitrogens with one attached hydrogen (secondary N) is 1.